The van der Waals surface area contributed by atoms with E-state index in [1.807, 2.05) is 30.3 Å². The zero-order valence-corrected chi connectivity index (χ0v) is 15.3. The third-order valence-corrected chi connectivity index (χ3v) is 4.75. The van der Waals surface area contributed by atoms with Crippen LogP contribution in [0.3, 0.4) is 0 Å². The molecular formula is C20H15N3O4S. The molecule has 0 atom stereocenters. The summed E-state index contributed by atoms with van der Waals surface area (Å²) >= 11 is 1.30. The van der Waals surface area contributed by atoms with Crippen LogP contribution in [0.1, 0.15) is 15.9 Å². The molecule has 140 valence electrons. The van der Waals surface area contributed by atoms with E-state index < -0.39 is 10.8 Å². The van der Waals surface area contributed by atoms with E-state index in [1.165, 1.54) is 36.2 Å². The van der Waals surface area contributed by atoms with Crippen molar-refractivity contribution < 1.29 is 14.8 Å². The number of nitro benzene ring substituents is 1. The number of carbonyl (C=O) groups excluding carboxylic acids is 1. The van der Waals surface area contributed by atoms with Gasteiger partial charge < -0.3 is 5.11 Å². The standard InChI is InChI=1S/C20H15N3O4S/c24-18-9-5-4-8-16(18)20(25)22-21-13-14-10-11-19(17(12-14)23(26)27)28-15-6-2-1-3-7-15/h1-13,24H,(H,22,25)/b21-13+. The number of amides is 1. The second-order valence-corrected chi connectivity index (χ2v) is 6.73. The molecule has 3 aromatic carbocycles. The molecular weight excluding hydrogens is 378 g/mol. The van der Waals surface area contributed by atoms with Crippen LogP contribution in [-0.4, -0.2) is 22.2 Å². The Bertz CT molecular complexity index is 1040. The van der Waals surface area contributed by atoms with Crippen LogP contribution in [0.25, 0.3) is 0 Å². The van der Waals surface area contributed by atoms with Gasteiger partial charge in [0.25, 0.3) is 11.6 Å². The van der Waals surface area contributed by atoms with Gasteiger partial charge in [0.1, 0.15) is 5.75 Å². The molecule has 8 heteroatoms. The number of hydrogen-bond donors (Lipinski definition) is 2. The molecule has 0 saturated carbocycles. The predicted molar refractivity (Wildman–Crippen MR) is 107 cm³/mol. The average Bonchev–Trinajstić information content (AvgIpc) is 2.70. The predicted octanol–water partition coefficient (Wildman–Crippen LogP) is 4.22. The summed E-state index contributed by atoms with van der Waals surface area (Å²) in [4.78, 5) is 24.4. The van der Waals surface area contributed by atoms with Crippen molar-refractivity contribution in [2.45, 2.75) is 9.79 Å². The van der Waals surface area contributed by atoms with Gasteiger partial charge in [0.2, 0.25) is 0 Å². The number of para-hydroxylation sites is 1. The van der Waals surface area contributed by atoms with E-state index in [0.717, 1.165) is 4.90 Å². The first-order valence-corrected chi connectivity index (χ1v) is 8.99. The van der Waals surface area contributed by atoms with Crippen LogP contribution in [0.4, 0.5) is 5.69 Å². The molecule has 0 spiro atoms. The van der Waals surface area contributed by atoms with Crippen LogP contribution in [0.2, 0.25) is 0 Å². The number of nitrogens with zero attached hydrogens (tertiary/aromatic N) is 2. The summed E-state index contributed by atoms with van der Waals surface area (Å²) < 4.78 is 0. The first-order chi connectivity index (χ1) is 13.5. The zero-order chi connectivity index (χ0) is 19.9. The van der Waals surface area contributed by atoms with Gasteiger partial charge in [-0.15, -0.1) is 0 Å². The van der Waals surface area contributed by atoms with Gasteiger partial charge in [-0.2, -0.15) is 5.10 Å². The van der Waals surface area contributed by atoms with E-state index in [2.05, 4.69) is 10.5 Å². The molecule has 0 heterocycles. The van der Waals surface area contributed by atoms with E-state index >= 15 is 0 Å². The minimum absolute atomic E-state index is 0.0511. The number of rotatable bonds is 6. The van der Waals surface area contributed by atoms with Crippen LogP contribution in [0.15, 0.2) is 87.7 Å². The molecule has 0 saturated heterocycles. The summed E-state index contributed by atoms with van der Waals surface area (Å²) in [6.45, 7) is 0. The highest BCUT2D eigenvalue weighted by Crippen LogP contribution is 2.34. The highest BCUT2D eigenvalue weighted by molar-refractivity contribution is 7.99. The maximum atomic E-state index is 12.0. The minimum Gasteiger partial charge on any atom is -0.507 e. The number of phenolic OH excluding ortho intramolecular Hbond substituents is 1. The van der Waals surface area contributed by atoms with Crippen molar-refractivity contribution in [3.05, 3.63) is 94.0 Å². The summed E-state index contributed by atoms with van der Waals surface area (Å²) in [5, 5.41) is 24.9. The topological polar surface area (TPSA) is 105 Å². The van der Waals surface area contributed by atoms with E-state index in [1.54, 1.807) is 24.3 Å². The fourth-order valence-corrected chi connectivity index (χ4v) is 3.27. The smallest absolute Gasteiger partial charge is 0.283 e. The lowest BCUT2D eigenvalue weighted by Gasteiger charge is -2.04. The Morgan fingerprint density at radius 2 is 1.79 bits per heavy atom. The molecule has 0 fully saturated rings. The second-order valence-electron chi connectivity index (χ2n) is 5.62. The number of phenols is 1. The van der Waals surface area contributed by atoms with Crippen molar-refractivity contribution >= 4 is 29.6 Å². The monoisotopic (exact) mass is 393 g/mol. The van der Waals surface area contributed by atoms with Gasteiger partial charge in [0.05, 0.1) is 21.6 Å². The van der Waals surface area contributed by atoms with Crippen molar-refractivity contribution in [1.29, 1.82) is 0 Å². The van der Waals surface area contributed by atoms with Crippen LogP contribution in [0, 0.1) is 10.1 Å². The van der Waals surface area contributed by atoms with Crippen molar-refractivity contribution in [3.63, 3.8) is 0 Å². The van der Waals surface area contributed by atoms with E-state index in [4.69, 9.17) is 0 Å². The molecule has 3 rings (SSSR count). The maximum absolute atomic E-state index is 12.0. The molecule has 0 aliphatic heterocycles. The number of carbonyl (C=O) groups is 1. The molecule has 1 amide bonds. The third kappa shape index (κ3) is 4.74. The Balaban J connectivity index is 1.75. The second kappa shape index (κ2) is 8.83. The number of nitro groups is 1. The van der Waals surface area contributed by atoms with Gasteiger partial charge in [-0.25, -0.2) is 5.43 Å². The van der Waals surface area contributed by atoms with Crippen molar-refractivity contribution in [3.8, 4) is 5.75 Å². The highest BCUT2D eigenvalue weighted by Gasteiger charge is 2.15. The lowest BCUT2D eigenvalue weighted by molar-refractivity contribution is -0.387. The van der Waals surface area contributed by atoms with Crippen LogP contribution in [-0.2, 0) is 0 Å². The lowest BCUT2D eigenvalue weighted by Crippen LogP contribution is -2.17. The molecule has 0 radical (unpaired) electrons. The fourth-order valence-electron chi connectivity index (χ4n) is 2.35. The highest BCUT2D eigenvalue weighted by atomic mass is 32.2. The van der Waals surface area contributed by atoms with E-state index in [-0.39, 0.29) is 17.0 Å². The Kier molecular flexibility index (Phi) is 6.03. The Hall–Kier alpha value is -3.65. The third-order valence-electron chi connectivity index (χ3n) is 3.68. The molecule has 2 N–H and O–H groups in total. The maximum Gasteiger partial charge on any atom is 0.283 e. The minimum atomic E-state index is -0.583. The zero-order valence-electron chi connectivity index (χ0n) is 14.5. The van der Waals surface area contributed by atoms with E-state index in [9.17, 15) is 20.0 Å². The van der Waals surface area contributed by atoms with Gasteiger partial charge in [-0.1, -0.05) is 48.2 Å². The number of hydrogen-bond acceptors (Lipinski definition) is 6. The SMILES string of the molecule is O=C(N/N=C/c1ccc(Sc2ccccc2)c([N+](=O)[O-])c1)c1ccccc1O. The summed E-state index contributed by atoms with van der Waals surface area (Å²) in [6, 6.07) is 20.1. The Morgan fingerprint density at radius 3 is 2.50 bits per heavy atom. The van der Waals surface area contributed by atoms with Crippen molar-refractivity contribution in [2.24, 2.45) is 5.10 Å². The van der Waals surface area contributed by atoms with Crippen molar-refractivity contribution in [1.82, 2.24) is 5.43 Å². The van der Waals surface area contributed by atoms with Gasteiger partial charge in [-0.3, -0.25) is 14.9 Å². The normalized spacial score (nSPS) is 10.7. The van der Waals surface area contributed by atoms with Gasteiger partial charge in [0.15, 0.2) is 0 Å². The first kappa shape index (κ1) is 19.1. The molecule has 0 unspecified atom stereocenters. The average molecular weight is 393 g/mol. The summed E-state index contributed by atoms with van der Waals surface area (Å²) in [5.74, 6) is -0.742. The van der Waals surface area contributed by atoms with Crippen LogP contribution in [0.5, 0.6) is 5.75 Å². The fraction of sp³-hybridized carbons (Fsp3) is 0. The Labute approximate surface area is 164 Å². The molecule has 0 aromatic heterocycles. The van der Waals surface area contributed by atoms with Gasteiger partial charge in [0, 0.05) is 16.5 Å². The van der Waals surface area contributed by atoms with Crippen molar-refractivity contribution in [2.75, 3.05) is 0 Å². The molecule has 3 aromatic rings. The number of aromatic hydroxyl groups is 1. The summed E-state index contributed by atoms with van der Waals surface area (Å²) in [7, 11) is 0. The quantitative estimate of drug-likeness (QED) is 0.371. The molecule has 0 aliphatic rings. The van der Waals surface area contributed by atoms with Crippen LogP contribution >= 0.6 is 11.8 Å². The number of hydrazone groups is 1. The lowest BCUT2D eigenvalue weighted by atomic mass is 10.2. The Morgan fingerprint density at radius 1 is 1.07 bits per heavy atom. The molecule has 7 nitrogen and oxygen atoms in total. The number of benzene rings is 3. The van der Waals surface area contributed by atoms with E-state index in [0.29, 0.717) is 10.5 Å². The number of nitrogens with one attached hydrogen (secondary N) is 1. The molecule has 0 aliphatic carbocycles. The molecule has 0 bridgehead atoms. The molecule has 28 heavy (non-hydrogen) atoms. The van der Waals surface area contributed by atoms with Gasteiger partial charge in [-0.05, 0) is 30.3 Å². The largest absolute Gasteiger partial charge is 0.507 e. The first-order valence-electron chi connectivity index (χ1n) is 8.17. The van der Waals surface area contributed by atoms with Crippen LogP contribution < -0.4 is 5.43 Å². The summed E-state index contributed by atoms with van der Waals surface area (Å²) in [6.07, 6.45) is 1.31. The van der Waals surface area contributed by atoms with Gasteiger partial charge >= 0.3 is 0 Å². The summed E-state index contributed by atoms with van der Waals surface area (Å²) in [5.41, 5.74) is 2.78.